The molecule has 0 aromatic carbocycles. The fraction of sp³-hybridized carbons (Fsp3) is 0.895. The predicted molar refractivity (Wildman–Crippen MR) is 94.4 cm³/mol. The quantitative estimate of drug-likeness (QED) is 0.853. The molecule has 1 heterocycles. The zero-order valence-corrected chi connectivity index (χ0v) is 15.5. The Morgan fingerprint density at radius 3 is 2.46 bits per heavy atom. The third-order valence-electron chi connectivity index (χ3n) is 6.71. The van der Waals surface area contributed by atoms with Crippen LogP contribution in [0.4, 0.5) is 0 Å². The van der Waals surface area contributed by atoms with Crippen LogP contribution in [0.2, 0.25) is 0 Å². The maximum Gasteiger partial charge on any atom is 0.237 e. The van der Waals surface area contributed by atoms with E-state index in [1.54, 1.807) is 6.92 Å². The van der Waals surface area contributed by atoms with E-state index in [4.69, 9.17) is 0 Å². The van der Waals surface area contributed by atoms with Gasteiger partial charge in [-0.15, -0.1) is 0 Å². The molecule has 3 fully saturated rings. The highest BCUT2D eigenvalue weighted by atomic mass is 16.2. The number of rotatable bonds is 4. The first kappa shape index (κ1) is 17.7. The minimum Gasteiger partial charge on any atom is -0.352 e. The number of carbonyl (C=O) groups is 2. The van der Waals surface area contributed by atoms with Crippen molar-refractivity contribution >= 4 is 11.8 Å². The topological polar surface area (TPSA) is 52.7 Å². The first-order chi connectivity index (χ1) is 11.5. The molecule has 3 rings (SSSR count). The molecule has 2 saturated carbocycles. The second kappa shape index (κ2) is 7.42. The van der Waals surface area contributed by atoms with E-state index in [2.05, 4.69) is 17.1 Å². The fourth-order valence-electron chi connectivity index (χ4n) is 5.16. The van der Waals surface area contributed by atoms with Crippen molar-refractivity contribution in [2.45, 2.75) is 65.0 Å². The van der Waals surface area contributed by atoms with Crippen LogP contribution >= 0.6 is 0 Å². The summed E-state index contributed by atoms with van der Waals surface area (Å²) in [4.78, 5) is 28.4. The van der Waals surface area contributed by atoms with Crippen LogP contribution in [0.3, 0.4) is 0 Å². The van der Waals surface area contributed by atoms with Crippen molar-refractivity contribution in [2.24, 2.45) is 17.8 Å². The Morgan fingerprint density at radius 2 is 1.83 bits per heavy atom. The molecule has 3 aliphatic rings. The molecule has 2 aliphatic carbocycles. The molecule has 5 heteroatoms. The molecule has 0 spiro atoms. The highest BCUT2D eigenvalue weighted by Gasteiger charge is 2.42. The molecule has 0 aromatic heterocycles. The normalized spacial score (nSPS) is 33.1. The van der Waals surface area contributed by atoms with Gasteiger partial charge >= 0.3 is 0 Å². The molecule has 5 atom stereocenters. The molecule has 2 amide bonds. The molecular formula is C19H33N3O2. The summed E-state index contributed by atoms with van der Waals surface area (Å²) in [6.07, 6.45) is 6.39. The summed E-state index contributed by atoms with van der Waals surface area (Å²) in [5.74, 6) is 2.72. The lowest BCUT2D eigenvalue weighted by atomic mass is 9.84. The summed E-state index contributed by atoms with van der Waals surface area (Å²) in [7, 11) is 0. The van der Waals surface area contributed by atoms with Crippen molar-refractivity contribution in [3.05, 3.63) is 0 Å². The van der Waals surface area contributed by atoms with E-state index >= 15 is 0 Å². The standard InChI is InChI=1S/C19H33N3O2/c1-13(18-12-16-5-6-17(18)11-16)20-19(24)14(2)21-7-4-8-22(10-9-21)15(3)23/h13-14,16-18H,4-12H2,1-3H3,(H,20,24)/t13-,14-,16+,17+,18+/m1/s1. The van der Waals surface area contributed by atoms with Gasteiger partial charge < -0.3 is 10.2 Å². The SMILES string of the molecule is CC(=O)N1CCCN([C@H](C)C(=O)N[C@H](C)[C@@H]2C[C@H]3CC[C@H]2C3)CC1. The van der Waals surface area contributed by atoms with E-state index < -0.39 is 0 Å². The van der Waals surface area contributed by atoms with E-state index in [1.165, 1.54) is 25.7 Å². The van der Waals surface area contributed by atoms with Crippen LogP contribution in [0, 0.1) is 17.8 Å². The van der Waals surface area contributed by atoms with Crippen molar-refractivity contribution in [3.8, 4) is 0 Å². The number of fused-ring (bicyclic) bond motifs is 2. The Morgan fingerprint density at radius 1 is 1.04 bits per heavy atom. The number of nitrogens with one attached hydrogen (secondary N) is 1. The van der Waals surface area contributed by atoms with Gasteiger partial charge in [0.1, 0.15) is 0 Å². The van der Waals surface area contributed by atoms with Gasteiger partial charge in [0.2, 0.25) is 11.8 Å². The summed E-state index contributed by atoms with van der Waals surface area (Å²) >= 11 is 0. The van der Waals surface area contributed by atoms with Gasteiger partial charge in [-0.1, -0.05) is 6.42 Å². The van der Waals surface area contributed by atoms with Gasteiger partial charge in [-0.25, -0.2) is 0 Å². The van der Waals surface area contributed by atoms with Crippen molar-refractivity contribution in [1.82, 2.24) is 15.1 Å². The summed E-state index contributed by atoms with van der Waals surface area (Å²) in [5.41, 5.74) is 0. The summed E-state index contributed by atoms with van der Waals surface area (Å²) < 4.78 is 0. The Bertz CT molecular complexity index is 481. The molecule has 5 nitrogen and oxygen atoms in total. The van der Waals surface area contributed by atoms with Crippen LogP contribution < -0.4 is 5.32 Å². The smallest absolute Gasteiger partial charge is 0.237 e. The predicted octanol–water partition coefficient (Wildman–Crippen LogP) is 1.87. The monoisotopic (exact) mass is 335 g/mol. The maximum atomic E-state index is 12.7. The maximum absolute atomic E-state index is 12.7. The van der Waals surface area contributed by atoms with E-state index in [-0.39, 0.29) is 23.9 Å². The third-order valence-corrected chi connectivity index (χ3v) is 6.71. The van der Waals surface area contributed by atoms with E-state index in [1.807, 2.05) is 11.8 Å². The van der Waals surface area contributed by atoms with Gasteiger partial charge in [0.25, 0.3) is 0 Å². The summed E-state index contributed by atoms with van der Waals surface area (Å²) in [6, 6.07) is 0.175. The van der Waals surface area contributed by atoms with Crippen LogP contribution in [-0.4, -0.2) is 59.9 Å². The molecule has 1 N–H and O–H groups in total. The van der Waals surface area contributed by atoms with Gasteiger partial charge in [-0.05, 0) is 57.3 Å². The molecule has 24 heavy (non-hydrogen) atoms. The Hall–Kier alpha value is -1.10. The largest absolute Gasteiger partial charge is 0.352 e. The third kappa shape index (κ3) is 3.76. The molecule has 0 radical (unpaired) electrons. The van der Waals surface area contributed by atoms with E-state index in [0.717, 1.165) is 44.4 Å². The highest BCUT2D eigenvalue weighted by Crippen LogP contribution is 2.49. The zero-order valence-electron chi connectivity index (χ0n) is 15.5. The number of amides is 2. The van der Waals surface area contributed by atoms with Gasteiger partial charge in [0.05, 0.1) is 6.04 Å². The molecule has 0 unspecified atom stereocenters. The van der Waals surface area contributed by atoms with Crippen molar-refractivity contribution in [3.63, 3.8) is 0 Å². The molecule has 2 bridgehead atoms. The van der Waals surface area contributed by atoms with E-state index in [9.17, 15) is 9.59 Å². The molecular weight excluding hydrogens is 302 g/mol. The minimum atomic E-state index is -0.113. The Labute approximate surface area is 146 Å². The fourth-order valence-corrected chi connectivity index (χ4v) is 5.16. The second-order valence-electron chi connectivity index (χ2n) is 8.21. The average molecular weight is 335 g/mol. The minimum absolute atomic E-state index is 0.113. The molecule has 1 aliphatic heterocycles. The Balaban J connectivity index is 1.50. The second-order valence-corrected chi connectivity index (χ2v) is 8.21. The van der Waals surface area contributed by atoms with Crippen LogP contribution in [-0.2, 0) is 9.59 Å². The molecule has 1 saturated heterocycles. The van der Waals surface area contributed by atoms with Crippen molar-refractivity contribution < 1.29 is 9.59 Å². The van der Waals surface area contributed by atoms with Crippen LogP contribution in [0.25, 0.3) is 0 Å². The number of nitrogens with zero attached hydrogens (tertiary/aromatic N) is 2. The zero-order chi connectivity index (χ0) is 17.3. The van der Waals surface area contributed by atoms with Crippen molar-refractivity contribution in [1.29, 1.82) is 0 Å². The lowest BCUT2D eigenvalue weighted by molar-refractivity contribution is -0.128. The summed E-state index contributed by atoms with van der Waals surface area (Å²) in [6.45, 7) is 9.04. The molecule has 136 valence electrons. The lowest BCUT2D eigenvalue weighted by Gasteiger charge is -2.32. The Kier molecular flexibility index (Phi) is 5.48. The first-order valence-corrected chi connectivity index (χ1v) is 9.75. The lowest BCUT2D eigenvalue weighted by Crippen LogP contribution is -2.50. The van der Waals surface area contributed by atoms with E-state index in [0.29, 0.717) is 5.92 Å². The van der Waals surface area contributed by atoms with Crippen LogP contribution in [0.15, 0.2) is 0 Å². The number of hydrogen-bond acceptors (Lipinski definition) is 3. The number of carbonyl (C=O) groups excluding carboxylic acids is 2. The van der Waals surface area contributed by atoms with Gasteiger partial charge in [0.15, 0.2) is 0 Å². The number of hydrogen-bond donors (Lipinski definition) is 1. The van der Waals surface area contributed by atoms with Crippen LogP contribution in [0.1, 0.15) is 52.9 Å². The van der Waals surface area contributed by atoms with Gasteiger partial charge in [0, 0.05) is 39.1 Å². The molecule has 0 aromatic rings. The summed E-state index contributed by atoms with van der Waals surface area (Å²) in [5, 5.41) is 3.30. The van der Waals surface area contributed by atoms with Gasteiger partial charge in [-0.3, -0.25) is 14.5 Å². The average Bonchev–Trinajstić information content (AvgIpc) is 3.09. The van der Waals surface area contributed by atoms with Crippen molar-refractivity contribution in [2.75, 3.05) is 26.2 Å². The van der Waals surface area contributed by atoms with Gasteiger partial charge in [-0.2, -0.15) is 0 Å². The van der Waals surface area contributed by atoms with Crippen LogP contribution in [0.5, 0.6) is 0 Å². The first-order valence-electron chi connectivity index (χ1n) is 9.75. The highest BCUT2D eigenvalue weighted by molar-refractivity contribution is 5.81.